The molecule has 0 aliphatic heterocycles. The van der Waals surface area contributed by atoms with Gasteiger partial charge in [-0.15, -0.1) is 0 Å². The molecule has 0 atom stereocenters. The zero-order chi connectivity index (χ0) is 15.4. The van der Waals surface area contributed by atoms with E-state index >= 15 is 0 Å². The summed E-state index contributed by atoms with van der Waals surface area (Å²) in [5, 5.41) is 12.1. The number of ether oxygens (including phenoxy) is 1. The molecule has 0 aromatic heterocycles. The highest BCUT2D eigenvalue weighted by Gasteiger charge is 2.16. The lowest BCUT2D eigenvalue weighted by atomic mass is 10.1. The third kappa shape index (κ3) is 3.57. The third-order valence-corrected chi connectivity index (χ3v) is 4.04. The van der Waals surface area contributed by atoms with Crippen molar-refractivity contribution in [2.24, 2.45) is 0 Å². The highest BCUT2D eigenvalue weighted by atomic mass is 127. The van der Waals surface area contributed by atoms with E-state index in [1.165, 1.54) is 6.07 Å². The molecule has 108 valence electrons. The quantitative estimate of drug-likeness (QED) is 0.586. The summed E-state index contributed by atoms with van der Waals surface area (Å²) < 4.78 is 19.8. The molecule has 0 unspecified atom stereocenters. The Hall–Kier alpha value is -1.52. The minimum absolute atomic E-state index is 0.00405. The predicted molar refractivity (Wildman–Crippen MR) is 89.2 cm³/mol. The first-order valence-corrected chi connectivity index (χ1v) is 7.47. The van der Waals surface area contributed by atoms with Crippen LogP contribution in [0.5, 0.6) is 5.75 Å². The van der Waals surface area contributed by atoms with Crippen molar-refractivity contribution >= 4 is 39.9 Å². The van der Waals surface area contributed by atoms with Crippen molar-refractivity contribution in [2.45, 2.75) is 6.54 Å². The summed E-state index contributed by atoms with van der Waals surface area (Å²) >= 11 is 7.79. The Labute approximate surface area is 140 Å². The Bertz CT molecular complexity index is 698. The van der Waals surface area contributed by atoms with E-state index in [-0.39, 0.29) is 16.3 Å². The summed E-state index contributed by atoms with van der Waals surface area (Å²) in [4.78, 5) is 0. The molecule has 0 aliphatic carbocycles. The van der Waals surface area contributed by atoms with E-state index in [4.69, 9.17) is 21.6 Å². The Kier molecular flexibility index (Phi) is 5.26. The zero-order valence-electron chi connectivity index (χ0n) is 11.1. The maximum atomic E-state index is 14.1. The predicted octanol–water partition coefficient (Wildman–Crippen LogP) is 4.58. The van der Waals surface area contributed by atoms with Gasteiger partial charge in [0.05, 0.1) is 23.4 Å². The van der Waals surface area contributed by atoms with Crippen LogP contribution in [0.3, 0.4) is 0 Å². The number of rotatable bonds is 4. The fourth-order valence-corrected chi connectivity index (χ4v) is 2.89. The van der Waals surface area contributed by atoms with E-state index in [2.05, 4.69) is 5.32 Å². The molecule has 0 saturated carbocycles. The fraction of sp³-hybridized carbons (Fsp3) is 0.133. The lowest BCUT2D eigenvalue weighted by Crippen LogP contribution is -2.05. The van der Waals surface area contributed by atoms with Crippen LogP contribution in [0.2, 0.25) is 5.02 Å². The number of hydrogen-bond acceptors (Lipinski definition) is 3. The monoisotopic (exact) mass is 416 g/mol. The molecule has 21 heavy (non-hydrogen) atoms. The molecule has 0 saturated heterocycles. The highest BCUT2D eigenvalue weighted by Crippen LogP contribution is 2.31. The zero-order valence-corrected chi connectivity index (χ0v) is 14.0. The summed E-state index contributed by atoms with van der Waals surface area (Å²) in [6, 6.07) is 10.8. The van der Waals surface area contributed by atoms with Gasteiger partial charge in [0, 0.05) is 10.1 Å². The smallest absolute Gasteiger partial charge is 0.166 e. The van der Waals surface area contributed by atoms with Gasteiger partial charge in [0.15, 0.2) is 5.82 Å². The van der Waals surface area contributed by atoms with Gasteiger partial charge in [-0.3, -0.25) is 0 Å². The topological polar surface area (TPSA) is 45.0 Å². The number of nitrogens with one attached hydrogen (secondary N) is 1. The van der Waals surface area contributed by atoms with Crippen molar-refractivity contribution in [2.75, 3.05) is 12.4 Å². The molecule has 0 spiro atoms. The molecule has 1 N–H and O–H groups in total. The van der Waals surface area contributed by atoms with E-state index in [0.717, 1.165) is 11.3 Å². The molecule has 0 bridgehead atoms. The van der Waals surface area contributed by atoms with E-state index in [1.54, 1.807) is 7.11 Å². The fourth-order valence-electron chi connectivity index (χ4n) is 1.80. The van der Waals surface area contributed by atoms with Crippen LogP contribution in [0.25, 0.3) is 0 Å². The van der Waals surface area contributed by atoms with Gasteiger partial charge < -0.3 is 10.1 Å². The van der Waals surface area contributed by atoms with Crippen LogP contribution in [0, 0.1) is 20.7 Å². The van der Waals surface area contributed by atoms with Gasteiger partial charge in [-0.1, -0.05) is 23.7 Å². The van der Waals surface area contributed by atoms with Gasteiger partial charge in [-0.25, -0.2) is 4.39 Å². The average molecular weight is 417 g/mol. The normalized spacial score (nSPS) is 10.0. The summed E-state index contributed by atoms with van der Waals surface area (Å²) in [6.45, 7) is 0.381. The first-order chi connectivity index (χ1) is 10.1. The molecule has 0 amide bonds. The second-order valence-corrected chi connectivity index (χ2v) is 5.79. The average Bonchev–Trinajstić information content (AvgIpc) is 2.50. The van der Waals surface area contributed by atoms with Crippen molar-refractivity contribution in [1.29, 1.82) is 5.26 Å². The number of halogens is 3. The van der Waals surface area contributed by atoms with Crippen molar-refractivity contribution in [1.82, 2.24) is 0 Å². The van der Waals surface area contributed by atoms with Gasteiger partial charge in [-0.2, -0.15) is 5.26 Å². The standard InChI is InChI=1S/C15H11ClFIN2O/c1-21-10-4-2-9(3-5-10)8-20-15-11(7-19)13(18)6-12(16)14(15)17/h2-6,20H,8H2,1H3. The Morgan fingerprint density at radius 2 is 2.05 bits per heavy atom. The van der Waals surface area contributed by atoms with Gasteiger partial charge in [0.2, 0.25) is 0 Å². The van der Waals surface area contributed by atoms with Crippen molar-refractivity contribution < 1.29 is 9.13 Å². The van der Waals surface area contributed by atoms with Crippen LogP contribution in [-0.2, 0) is 6.54 Å². The maximum absolute atomic E-state index is 14.1. The summed E-state index contributed by atoms with van der Waals surface area (Å²) in [5.41, 5.74) is 1.32. The number of anilines is 1. The number of nitriles is 1. The van der Waals surface area contributed by atoms with Crippen LogP contribution in [0.15, 0.2) is 30.3 Å². The minimum atomic E-state index is -0.609. The molecule has 2 rings (SSSR count). The van der Waals surface area contributed by atoms with Crippen LogP contribution < -0.4 is 10.1 Å². The van der Waals surface area contributed by atoms with Gasteiger partial charge in [-0.05, 0) is 46.4 Å². The second-order valence-electron chi connectivity index (χ2n) is 4.22. The van der Waals surface area contributed by atoms with E-state index in [0.29, 0.717) is 10.1 Å². The van der Waals surface area contributed by atoms with Crippen LogP contribution in [0.1, 0.15) is 11.1 Å². The number of methoxy groups -OCH3 is 1. The van der Waals surface area contributed by atoms with Crippen LogP contribution in [-0.4, -0.2) is 7.11 Å². The summed E-state index contributed by atoms with van der Waals surface area (Å²) in [5.74, 6) is 0.141. The molecule has 2 aromatic rings. The molecule has 2 aromatic carbocycles. The lowest BCUT2D eigenvalue weighted by Gasteiger charge is -2.12. The first kappa shape index (κ1) is 15.9. The van der Waals surface area contributed by atoms with Crippen LogP contribution >= 0.6 is 34.2 Å². The van der Waals surface area contributed by atoms with Gasteiger partial charge in [0.1, 0.15) is 11.8 Å². The first-order valence-electron chi connectivity index (χ1n) is 6.01. The number of benzene rings is 2. The number of hydrogen-bond donors (Lipinski definition) is 1. The molecule has 3 nitrogen and oxygen atoms in total. The molecular formula is C15H11ClFIN2O. The SMILES string of the molecule is COc1ccc(CNc2c(F)c(Cl)cc(I)c2C#N)cc1. The van der Waals surface area contributed by atoms with E-state index < -0.39 is 5.82 Å². The molecule has 0 aliphatic rings. The van der Waals surface area contributed by atoms with Crippen molar-refractivity contribution in [3.63, 3.8) is 0 Å². The lowest BCUT2D eigenvalue weighted by molar-refractivity contribution is 0.414. The summed E-state index contributed by atoms with van der Waals surface area (Å²) in [7, 11) is 1.59. The molecule has 0 heterocycles. The van der Waals surface area contributed by atoms with Gasteiger partial charge in [0.25, 0.3) is 0 Å². The van der Waals surface area contributed by atoms with E-state index in [1.807, 2.05) is 52.9 Å². The third-order valence-electron chi connectivity index (χ3n) is 2.91. The van der Waals surface area contributed by atoms with Crippen molar-refractivity contribution in [3.8, 4) is 11.8 Å². The molecular weight excluding hydrogens is 406 g/mol. The molecule has 0 radical (unpaired) electrons. The highest BCUT2D eigenvalue weighted by molar-refractivity contribution is 14.1. The Morgan fingerprint density at radius 1 is 1.38 bits per heavy atom. The molecule has 6 heteroatoms. The van der Waals surface area contributed by atoms with Crippen LogP contribution in [0.4, 0.5) is 10.1 Å². The Morgan fingerprint density at radius 3 is 2.62 bits per heavy atom. The van der Waals surface area contributed by atoms with E-state index in [9.17, 15) is 4.39 Å². The summed E-state index contributed by atoms with van der Waals surface area (Å²) in [6.07, 6.45) is 0. The van der Waals surface area contributed by atoms with Gasteiger partial charge >= 0.3 is 0 Å². The maximum Gasteiger partial charge on any atom is 0.166 e. The molecule has 0 fully saturated rings. The minimum Gasteiger partial charge on any atom is -0.497 e. The largest absolute Gasteiger partial charge is 0.497 e. The Balaban J connectivity index is 2.25. The second kappa shape index (κ2) is 6.96. The number of nitrogens with zero attached hydrogens (tertiary/aromatic N) is 1. The van der Waals surface area contributed by atoms with Crippen molar-refractivity contribution in [3.05, 3.63) is 55.9 Å².